The number of fused-ring (bicyclic) bond motifs is 1. The number of hydrogen-bond donors (Lipinski definition) is 0. The summed E-state index contributed by atoms with van der Waals surface area (Å²) in [5, 5.41) is 0.670. The number of aromatic nitrogens is 1. The molecule has 1 aliphatic rings. The van der Waals surface area contributed by atoms with E-state index in [-0.39, 0.29) is 5.97 Å². The fourth-order valence-corrected chi connectivity index (χ4v) is 5.32. The minimum absolute atomic E-state index is 0.0884. The standard InChI is InChI=1S/C27H35N3O3S/c1-3-32-26(31)9-6-17-30(22-15-18-29(2)19-16-22)20-14-21-10-12-23(13-11-21)33-27-28-24-7-4-5-8-25(24)34-27/h4-5,7-8,10-13,22H,3,6,9,14-20H2,1-2H3. The van der Waals surface area contributed by atoms with E-state index in [1.54, 1.807) is 11.3 Å². The molecule has 34 heavy (non-hydrogen) atoms. The smallest absolute Gasteiger partial charge is 0.305 e. The van der Waals surface area contributed by atoms with Crippen LogP contribution in [0.25, 0.3) is 10.2 Å². The zero-order valence-corrected chi connectivity index (χ0v) is 21.1. The number of hydrogen-bond acceptors (Lipinski definition) is 7. The molecule has 2 aromatic carbocycles. The Morgan fingerprint density at radius 3 is 2.62 bits per heavy atom. The quantitative estimate of drug-likeness (QED) is 0.343. The van der Waals surface area contributed by atoms with Gasteiger partial charge < -0.3 is 14.4 Å². The Hall–Kier alpha value is -2.48. The Balaban J connectivity index is 1.31. The van der Waals surface area contributed by atoms with E-state index in [1.807, 2.05) is 37.3 Å². The van der Waals surface area contributed by atoms with Gasteiger partial charge in [-0.05, 0) is 89.1 Å². The van der Waals surface area contributed by atoms with Gasteiger partial charge in [0.2, 0.25) is 0 Å². The van der Waals surface area contributed by atoms with Crippen LogP contribution in [0.2, 0.25) is 0 Å². The summed E-state index contributed by atoms with van der Waals surface area (Å²) in [6, 6.07) is 17.0. The fraction of sp³-hybridized carbons (Fsp3) is 0.481. The molecule has 4 rings (SSSR count). The van der Waals surface area contributed by atoms with Gasteiger partial charge in [-0.25, -0.2) is 4.98 Å². The van der Waals surface area contributed by atoms with Crippen LogP contribution in [-0.2, 0) is 16.0 Å². The van der Waals surface area contributed by atoms with Crippen LogP contribution in [0.3, 0.4) is 0 Å². The lowest BCUT2D eigenvalue weighted by molar-refractivity contribution is -0.143. The number of ether oxygens (including phenoxy) is 2. The largest absolute Gasteiger partial charge is 0.466 e. The summed E-state index contributed by atoms with van der Waals surface area (Å²) in [5.41, 5.74) is 2.26. The Morgan fingerprint density at radius 1 is 1.12 bits per heavy atom. The highest BCUT2D eigenvalue weighted by atomic mass is 32.1. The van der Waals surface area contributed by atoms with Gasteiger partial charge in [-0.1, -0.05) is 35.6 Å². The first-order chi connectivity index (χ1) is 16.6. The van der Waals surface area contributed by atoms with Gasteiger partial charge in [0.05, 0.1) is 16.8 Å². The molecular weight excluding hydrogens is 446 g/mol. The SMILES string of the molecule is CCOC(=O)CCCN(CCc1ccc(Oc2nc3ccccc3s2)cc1)C1CCN(C)CC1. The van der Waals surface area contributed by atoms with Crippen LogP contribution in [-0.4, -0.2) is 66.6 Å². The highest BCUT2D eigenvalue weighted by Gasteiger charge is 2.23. The number of thiazole rings is 1. The van der Waals surface area contributed by atoms with E-state index in [0.29, 0.717) is 24.3 Å². The van der Waals surface area contributed by atoms with Crippen LogP contribution in [0.15, 0.2) is 48.5 Å². The maximum atomic E-state index is 11.8. The van der Waals surface area contributed by atoms with Crippen molar-refractivity contribution in [2.45, 2.75) is 45.1 Å². The number of rotatable bonds is 11. The van der Waals surface area contributed by atoms with Crippen molar-refractivity contribution in [3.8, 4) is 10.9 Å². The molecule has 0 bridgehead atoms. The molecule has 0 spiro atoms. The average molecular weight is 482 g/mol. The topological polar surface area (TPSA) is 54.9 Å². The normalized spacial score (nSPS) is 15.1. The Labute approximate surface area is 206 Å². The number of carbonyl (C=O) groups is 1. The lowest BCUT2D eigenvalue weighted by atomic mass is 10.0. The third kappa shape index (κ3) is 7.01. The molecule has 0 aliphatic carbocycles. The molecule has 0 radical (unpaired) electrons. The van der Waals surface area contributed by atoms with Gasteiger partial charge in [0.25, 0.3) is 5.19 Å². The predicted octanol–water partition coefficient (Wildman–Crippen LogP) is 5.37. The molecular formula is C27H35N3O3S. The Bertz CT molecular complexity index is 1010. The van der Waals surface area contributed by atoms with Gasteiger partial charge in [-0.2, -0.15) is 0 Å². The minimum Gasteiger partial charge on any atom is -0.466 e. The monoisotopic (exact) mass is 481 g/mol. The number of benzene rings is 2. The van der Waals surface area contributed by atoms with Gasteiger partial charge >= 0.3 is 5.97 Å². The van der Waals surface area contributed by atoms with Gasteiger partial charge in [0.1, 0.15) is 5.75 Å². The Kier molecular flexibility index (Phi) is 8.91. The first-order valence-electron chi connectivity index (χ1n) is 12.3. The summed E-state index contributed by atoms with van der Waals surface area (Å²) in [7, 11) is 2.19. The summed E-state index contributed by atoms with van der Waals surface area (Å²) < 4.78 is 12.2. The van der Waals surface area contributed by atoms with Crippen molar-refractivity contribution in [3.05, 3.63) is 54.1 Å². The van der Waals surface area contributed by atoms with Crippen molar-refractivity contribution in [2.75, 3.05) is 39.8 Å². The number of piperidine rings is 1. The maximum Gasteiger partial charge on any atom is 0.305 e. The van der Waals surface area contributed by atoms with Crippen LogP contribution < -0.4 is 4.74 Å². The lowest BCUT2D eigenvalue weighted by Gasteiger charge is -2.37. The first-order valence-corrected chi connectivity index (χ1v) is 13.1. The molecule has 0 saturated carbocycles. The second-order valence-corrected chi connectivity index (χ2v) is 9.92. The average Bonchev–Trinajstić information content (AvgIpc) is 3.25. The lowest BCUT2D eigenvalue weighted by Crippen LogP contribution is -2.45. The zero-order chi connectivity index (χ0) is 23.8. The van der Waals surface area contributed by atoms with E-state index < -0.39 is 0 Å². The fourth-order valence-electron chi connectivity index (χ4n) is 4.49. The first kappa shape index (κ1) is 24.6. The molecule has 1 aromatic heterocycles. The molecule has 2 heterocycles. The Morgan fingerprint density at radius 2 is 1.88 bits per heavy atom. The van der Waals surface area contributed by atoms with E-state index in [9.17, 15) is 4.79 Å². The molecule has 1 aliphatic heterocycles. The molecule has 0 atom stereocenters. The number of likely N-dealkylation sites (tertiary alicyclic amines) is 1. The summed E-state index contributed by atoms with van der Waals surface area (Å²) in [6.07, 6.45) is 4.69. The maximum absolute atomic E-state index is 11.8. The second-order valence-electron chi connectivity index (χ2n) is 8.92. The van der Waals surface area contributed by atoms with Crippen molar-refractivity contribution in [1.82, 2.24) is 14.8 Å². The van der Waals surface area contributed by atoms with Crippen LogP contribution in [0, 0.1) is 0 Å². The third-order valence-corrected chi connectivity index (χ3v) is 7.34. The van der Waals surface area contributed by atoms with Crippen molar-refractivity contribution in [3.63, 3.8) is 0 Å². The number of esters is 1. The molecule has 3 aromatic rings. The van der Waals surface area contributed by atoms with Crippen LogP contribution in [0.4, 0.5) is 0 Å². The van der Waals surface area contributed by atoms with Gasteiger partial charge in [0.15, 0.2) is 0 Å². The predicted molar refractivity (Wildman–Crippen MR) is 138 cm³/mol. The molecule has 1 fully saturated rings. The van der Waals surface area contributed by atoms with Crippen LogP contribution in [0.1, 0.15) is 38.2 Å². The minimum atomic E-state index is -0.0884. The third-order valence-electron chi connectivity index (χ3n) is 6.43. The molecule has 7 heteroatoms. The molecule has 182 valence electrons. The second kappa shape index (κ2) is 12.3. The molecule has 1 saturated heterocycles. The summed E-state index contributed by atoms with van der Waals surface area (Å²) in [6.45, 7) is 6.52. The summed E-state index contributed by atoms with van der Waals surface area (Å²) in [5.74, 6) is 0.721. The number of para-hydroxylation sites is 1. The molecule has 0 unspecified atom stereocenters. The highest BCUT2D eigenvalue weighted by molar-refractivity contribution is 7.20. The number of nitrogens with zero attached hydrogens (tertiary/aromatic N) is 3. The van der Waals surface area contributed by atoms with Gasteiger partial charge in [0, 0.05) is 19.0 Å². The van der Waals surface area contributed by atoms with Crippen molar-refractivity contribution in [2.24, 2.45) is 0 Å². The van der Waals surface area contributed by atoms with E-state index in [1.165, 1.54) is 18.4 Å². The van der Waals surface area contributed by atoms with Crippen LogP contribution >= 0.6 is 11.3 Å². The zero-order valence-electron chi connectivity index (χ0n) is 20.2. The van der Waals surface area contributed by atoms with Gasteiger partial charge in [-0.3, -0.25) is 9.69 Å². The highest BCUT2D eigenvalue weighted by Crippen LogP contribution is 2.31. The number of carbonyl (C=O) groups excluding carboxylic acids is 1. The molecule has 6 nitrogen and oxygen atoms in total. The van der Waals surface area contributed by atoms with Crippen molar-refractivity contribution in [1.29, 1.82) is 0 Å². The molecule has 0 amide bonds. The van der Waals surface area contributed by atoms with Crippen LogP contribution in [0.5, 0.6) is 10.9 Å². The van der Waals surface area contributed by atoms with Crippen molar-refractivity contribution >= 4 is 27.5 Å². The van der Waals surface area contributed by atoms with E-state index >= 15 is 0 Å². The van der Waals surface area contributed by atoms with Crippen molar-refractivity contribution < 1.29 is 14.3 Å². The summed E-state index contributed by atoms with van der Waals surface area (Å²) >= 11 is 1.56. The molecule has 0 N–H and O–H groups in total. The summed E-state index contributed by atoms with van der Waals surface area (Å²) in [4.78, 5) is 21.3. The van der Waals surface area contributed by atoms with Gasteiger partial charge in [-0.15, -0.1) is 0 Å². The van der Waals surface area contributed by atoms with E-state index in [0.717, 1.165) is 55.0 Å². The van der Waals surface area contributed by atoms with E-state index in [4.69, 9.17) is 9.47 Å². The van der Waals surface area contributed by atoms with E-state index in [2.05, 4.69) is 40.0 Å².